The van der Waals surface area contributed by atoms with Crippen molar-refractivity contribution in [1.29, 1.82) is 0 Å². The highest BCUT2D eigenvalue weighted by molar-refractivity contribution is 8.01. The zero-order valence-corrected chi connectivity index (χ0v) is 9.79. The lowest BCUT2D eigenvalue weighted by molar-refractivity contribution is -0.130. The molecule has 84 valence electrons. The Morgan fingerprint density at radius 2 is 1.88 bits per heavy atom. The van der Waals surface area contributed by atoms with E-state index in [-0.39, 0.29) is 22.3 Å². The third kappa shape index (κ3) is 2.11. The highest BCUT2D eigenvalue weighted by Gasteiger charge is 2.34. The minimum atomic E-state index is -0.260. The van der Waals surface area contributed by atoms with Crippen LogP contribution in [-0.4, -0.2) is 17.1 Å². The molecular weight excluding hydrogens is 222 g/mol. The van der Waals surface area contributed by atoms with Crippen LogP contribution in [0, 0.1) is 0 Å². The van der Waals surface area contributed by atoms with Crippen molar-refractivity contribution in [3.05, 3.63) is 35.9 Å². The van der Waals surface area contributed by atoms with Gasteiger partial charge in [-0.1, -0.05) is 37.3 Å². The first-order chi connectivity index (χ1) is 7.72. The number of thioether (sulfide) groups is 1. The van der Waals surface area contributed by atoms with Crippen LogP contribution in [0.3, 0.4) is 0 Å². The number of benzene rings is 1. The summed E-state index contributed by atoms with van der Waals surface area (Å²) in [4.78, 5) is 23.2. The standard InChI is InChI=1S/C12H13NO2S/c1-2-9-11(14)13-12(15)10(16-9)8-6-4-3-5-7-8/h3-7,9-10H,2H2,1H3,(H,13,14,15)/t9-,10+/m0/s1. The second-order valence-electron chi connectivity index (χ2n) is 3.68. The van der Waals surface area contributed by atoms with Gasteiger partial charge in [0.15, 0.2) is 0 Å². The Morgan fingerprint density at radius 3 is 2.50 bits per heavy atom. The van der Waals surface area contributed by atoms with Gasteiger partial charge in [0.1, 0.15) is 5.25 Å². The van der Waals surface area contributed by atoms with Crippen LogP contribution in [0.15, 0.2) is 30.3 Å². The maximum Gasteiger partial charge on any atom is 0.244 e. The van der Waals surface area contributed by atoms with Crippen molar-refractivity contribution in [3.8, 4) is 0 Å². The molecule has 4 heteroatoms. The zero-order valence-electron chi connectivity index (χ0n) is 8.97. The third-order valence-electron chi connectivity index (χ3n) is 2.55. The maximum atomic E-state index is 11.7. The van der Waals surface area contributed by atoms with Crippen molar-refractivity contribution in [2.24, 2.45) is 0 Å². The first-order valence-electron chi connectivity index (χ1n) is 5.27. The molecule has 1 saturated heterocycles. The van der Waals surface area contributed by atoms with Crippen molar-refractivity contribution in [3.63, 3.8) is 0 Å². The summed E-state index contributed by atoms with van der Waals surface area (Å²) in [7, 11) is 0. The summed E-state index contributed by atoms with van der Waals surface area (Å²) >= 11 is 1.44. The molecule has 16 heavy (non-hydrogen) atoms. The van der Waals surface area contributed by atoms with Crippen LogP contribution in [0.1, 0.15) is 24.2 Å². The predicted octanol–water partition coefficient (Wildman–Crippen LogP) is 1.90. The Hall–Kier alpha value is -1.29. The lowest BCUT2D eigenvalue weighted by atomic mass is 10.1. The van der Waals surface area contributed by atoms with E-state index in [0.29, 0.717) is 0 Å². The van der Waals surface area contributed by atoms with Gasteiger partial charge in [0.25, 0.3) is 0 Å². The molecule has 0 aromatic heterocycles. The summed E-state index contributed by atoms with van der Waals surface area (Å²) in [5, 5.41) is 2.05. The zero-order chi connectivity index (χ0) is 11.5. The minimum Gasteiger partial charge on any atom is -0.294 e. The van der Waals surface area contributed by atoms with Gasteiger partial charge in [-0.2, -0.15) is 0 Å². The van der Waals surface area contributed by atoms with E-state index in [1.165, 1.54) is 11.8 Å². The molecule has 1 N–H and O–H groups in total. The molecular formula is C12H13NO2S. The van der Waals surface area contributed by atoms with Gasteiger partial charge in [0.2, 0.25) is 11.8 Å². The molecule has 1 aromatic carbocycles. The van der Waals surface area contributed by atoms with Crippen LogP contribution in [0.4, 0.5) is 0 Å². The van der Waals surface area contributed by atoms with Crippen molar-refractivity contribution < 1.29 is 9.59 Å². The van der Waals surface area contributed by atoms with Gasteiger partial charge in [-0.05, 0) is 12.0 Å². The molecule has 0 radical (unpaired) electrons. The van der Waals surface area contributed by atoms with Gasteiger partial charge in [-0.15, -0.1) is 11.8 Å². The van der Waals surface area contributed by atoms with Gasteiger partial charge in [-0.3, -0.25) is 14.9 Å². The van der Waals surface area contributed by atoms with E-state index < -0.39 is 0 Å². The van der Waals surface area contributed by atoms with Crippen molar-refractivity contribution in [2.75, 3.05) is 0 Å². The van der Waals surface area contributed by atoms with Gasteiger partial charge in [0, 0.05) is 0 Å². The molecule has 2 rings (SSSR count). The largest absolute Gasteiger partial charge is 0.294 e. The van der Waals surface area contributed by atoms with Gasteiger partial charge >= 0.3 is 0 Å². The summed E-state index contributed by atoms with van der Waals surface area (Å²) in [5.74, 6) is -0.365. The Bertz CT molecular complexity index is 405. The van der Waals surface area contributed by atoms with E-state index in [9.17, 15) is 9.59 Å². The summed E-state index contributed by atoms with van der Waals surface area (Å²) in [6.45, 7) is 1.95. The molecule has 0 spiro atoms. The highest BCUT2D eigenvalue weighted by atomic mass is 32.2. The number of amides is 2. The first-order valence-corrected chi connectivity index (χ1v) is 6.21. The summed E-state index contributed by atoms with van der Waals surface area (Å²) in [6.07, 6.45) is 0.743. The quantitative estimate of drug-likeness (QED) is 0.796. The fourth-order valence-electron chi connectivity index (χ4n) is 1.69. The lowest BCUT2D eigenvalue weighted by Gasteiger charge is -2.26. The number of nitrogens with one attached hydrogen (secondary N) is 1. The van der Waals surface area contributed by atoms with E-state index in [0.717, 1.165) is 12.0 Å². The van der Waals surface area contributed by atoms with Crippen LogP contribution < -0.4 is 5.32 Å². The molecule has 1 aromatic rings. The number of carbonyl (C=O) groups excluding carboxylic acids is 2. The van der Waals surface area contributed by atoms with E-state index in [4.69, 9.17) is 0 Å². The van der Waals surface area contributed by atoms with Gasteiger partial charge < -0.3 is 0 Å². The Labute approximate surface area is 98.6 Å². The topological polar surface area (TPSA) is 46.2 Å². The second-order valence-corrected chi connectivity index (χ2v) is 4.99. The number of hydrogen-bond acceptors (Lipinski definition) is 3. The monoisotopic (exact) mass is 235 g/mol. The molecule has 0 bridgehead atoms. The van der Waals surface area contributed by atoms with Gasteiger partial charge in [-0.25, -0.2) is 0 Å². The van der Waals surface area contributed by atoms with Crippen LogP contribution in [-0.2, 0) is 9.59 Å². The second kappa shape index (κ2) is 4.70. The smallest absolute Gasteiger partial charge is 0.244 e. The molecule has 0 saturated carbocycles. The van der Waals surface area contributed by atoms with E-state index in [1.807, 2.05) is 37.3 Å². The summed E-state index contributed by atoms with van der Waals surface area (Å²) in [5.41, 5.74) is 0.955. The van der Waals surface area contributed by atoms with Crippen LogP contribution in [0.5, 0.6) is 0 Å². The van der Waals surface area contributed by atoms with E-state index >= 15 is 0 Å². The Balaban J connectivity index is 2.22. The third-order valence-corrected chi connectivity index (χ3v) is 4.18. The molecule has 1 heterocycles. The van der Waals surface area contributed by atoms with E-state index in [2.05, 4.69) is 5.32 Å². The maximum absolute atomic E-state index is 11.7. The number of carbonyl (C=O) groups is 2. The minimum absolute atomic E-state index is 0.122. The number of hydrogen-bond donors (Lipinski definition) is 1. The van der Waals surface area contributed by atoms with Gasteiger partial charge in [0.05, 0.1) is 5.25 Å². The molecule has 1 aliphatic rings. The average Bonchev–Trinajstić information content (AvgIpc) is 2.30. The molecule has 1 fully saturated rings. The molecule has 2 atom stereocenters. The predicted molar refractivity (Wildman–Crippen MR) is 64.0 cm³/mol. The van der Waals surface area contributed by atoms with Crippen LogP contribution >= 0.6 is 11.8 Å². The fourth-order valence-corrected chi connectivity index (χ4v) is 2.90. The molecule has 1 aliphatic heterocycles. The van der Waals surface area contributed by atoms with Crippen molar-refractivity contribution in [2.45, 2.75) is 23.8 Å². The van der Waals surface area contributed by atoms with Crippen molar-refractivity contribution in [1.82, 2.24) is 5.32 Å². The lowest BCUT2D eigenvalue weighted by Crippen LogP contribution is -2.44. The Morgan fingerprint density at radius 1 is 1.19 bits per heavy atom. The molecule has 0 aliphatic carbocycles. The normalized spacial score (nSPS) is 25.3. The highest BCUT2D eigenvalue weighted by Crippen LogP contribution is 2.36. The van der Waals surface area contributed by atoms with Crippen LogP contribution in [0.25, 0.3) is 0 Å². The summed E-state index contributed by atoms with van der Waals surface area (Å²) < 4.78 is 0. The van der Waals surface area contributed by atoms with Crippen LogP contribution in [0.2, 0.25) is 0 Å². The number of imide groups is 1. The first kappa shape index (κ1) is 11.2. The molecule has 3 nitrogen and oxygen atoms in total. The summed E-state index contributed by atoms with van der Waals surface area (Å²) in [6, 6.07) is 9.55. The average molecular weight is 235 g/mol. The van der Waals surface area contributed by atoms with E-state index in [1.54, 1.807) is 0 Å². The number of rotatable bonds is 2. The Kier molecular flexibility index (Phi) is 3.29. The fraction of sp³-hybridized carbons (Fsp3) is 0.333. The molecule has 2 amide bonds. The van der Waals surface area contributed by atoms with Crippen molar-refractivity contribution >= 4 is 23.6 Å². The molecule has 0 unspecified atom stereocenters. The SMILES string of the molecule is CC[C@@H]1S[C@H](c2ccccc2)C(=O)NC1=O.